The number of carboxylic acid groups (broad SMARTS) is 1. The van der Waals surface area contributed by atoms with Crippen LogP contribution >= 0.6 is 0 Å². The van der Waals surface area contributed by atoms with Crippen LogP contribution in [0.25, 0.3) is 0 Å². The van der Waals surface area contributed by atoms with Crippen molar-refractivity contribution in [2.45, 2.75) is 25.5 Å². The molecule has 1 heterocycles. The molecule has 0 aliphatic carbocycles. The smallest absolute Gasteiger partial charge is 0.408 e. The van der Waals surface area contributed by atoms with Gasteiger partial charge in [-0.25, -0.2) is 9.59 Å². The first-order chi connectivity index (χ1) is 11.0. The van der Waals surface area contributed by atoms with Crippen LogP contribution in [0.15, 0.2) is 54.7 Å². The molecule has 0 aliphatic heterocycles. The van der Waals surface area contributed by atoms with Gasteiger partial charge in [0.15, 0.2) is 0 Å². The highest BCUT2D eigenvalue weighted by molar-refractivity contribution is 5.84. The van der Waals surface area contributed by atoms with E-state index in [0.29, 0.717) is 5.69 Å². The Balaban J connectivity index is 1.98. The van der Waals surface area contributed by atoms with Crippen LogP contribution in [0.1, 0.15) is 18.2 Å². The van der Waals surface area contributed by atoms with Gasteiger partial charge in [0.25, 0.3) is 0 Å². The number of nitrogens with one attached hydrogen (secondary N) is 1. The number of amides is 1. The average Bonchev–Trinajstić information content (AvgIpc) is 2.54. The molecule has 6 heteroatoms. The van der Waals surface area contributed by atoms with Crippen LogP contribution < -0.4 is 5.32 Å². The Kier molecular flexibility index (Phi) is 5.30. The molecule has 6 nitrogen and oxygen atoms in total. The zero-order valence-electron chi connectivity index (χ0n) is 12.7. The number of carbonyl (C=O) groups is 2. The van der Waals surface area contributed by atoms with Gasteiger partial charge in [-0.2, -0.15) is 0 Å². The van der Waals surface area contributed by atoms with Crippen molar-refractivity contribution in [2.24, 2.45) is 0 Å². The molecule has 0 fully saturated rings. The number of rotatable bonds is 6. The molecule has 0 bridgehead atoms. The Morgan fingerprint density at radius 2 is 1.87 bits per heavy atom. The Hall–Kier alpha value is -2.89. The number of ether oxygens (including phenoxy) is 1. The summed E-state index contributed by atoms with van der Waals surface area (Å²) in [7, 11) is 0. The minimum Gasteiger partial charge on any atom is -0.480 e. The number of carbonyl (C=O) groups excluding carboxylic acids is 1. The molecule has 0 saturated heterocycles. The van der Waals surface area contributed by atoms with E-state index < -0.39 is 17.6 Å². The largest absolute Gasteiger partial charge is 0.480 e. The van der Waals surface area contributed by atoms with E-state index in [1.54, 1.807) is 24.4 Å². The summed E-state index contributed by atoms with van der Waals surface area (Å²) in [4.78, 5) is 27.5. The molecule has 0 aliphatic rings. The first-order valence-electron chi connectivity index (χ1n) is 7.12. The molecule has 2 aromatic rings. The van der Waals surface area contributed by atoms with Gasteiger partial charge in [0.1, 0.15) is 12.1 Å². The Labute approximate surface area is 134 Å². The molecule has 0 unspecified atom stereocenters. The number of carboxylic acids is 1. The van der Waals surface area contributed by atoms with Gasteiger partial charge in [-0.15, -0.1) is 0 Å². The number of alkyl carbamates (subject to hydrolysis) is 1. The maximum absolute atomic E-state index is 11.9. The van der Waals surface area contributed by atoms with Gasteiger partial charge in [-0.1, -0.05) is 36.4 Å². The van der Waals surface area contributed by atoms with Gasteiger partial charge in [-0.05, 0) is 24.6 Å². The van der Waals surface area contributed by atoms with E-state index in [-0.39, 0.29) is 13.0 Å². The number of pyridine rings is 1. The molecule has 2 N–H and O–H groups in total. The van der Waals surface area contributed by atoms with Gasteiger partial charge < -0.3 is 15.2 Å². The molecule has 0 spiro atoms. The second-order valence-corrected chi connectivity index (χ2v) is 5.32. The monoisotopic (exact) mass is 314 g/mol. The minimum absolute atomic E-state index is 0.0591. The Bertz CT molecular complexity index is 661. The molecule has 1 aromatic carbocycles. The van der Waals surface area contributed by atoms with Crippen LogP contribution in [0.5, 0.6) is 0 Å². The van der Waals surface area contributed by atoms with Crippen molar-refractivity contribution in [3.05, 3.63) is 66.0 Å². The number of hydrogen-bond acceptors (Lipinski definition) is 4. The molecule has 0 saturated carbocycles. The lowest BCUT2D eigenvalue weighted by Gasteiger charge is -2.25. The second kappa shape index (κ2) is 7.40. The fraction of sp³-hybridized carbons (Fsp3) is 0.235. The zero-order valence-corrected chi connectivity index (χ0v) is 12.7. The first kappa shape index (κ1) is 16.5. The van der Waals surface area contributed by atoms with Gasteiger partial charge >= 0.3 is 12.1 Å². The molecule has 120 valence electrons. The average molecular weight is 314 g/mol. The maximum Gasteiger partial charge on any atom is 0.408 e. The van der Waals surface area contributed by atoms with E-state index in [2.05, 4.69) is 10.3 Å². The van der Waals surface area contributed by atoms with Crippen molar-refractivity contribution in [3.63, 3.8) is 0 Å². The first-order valence-corrected chi connectivity index (χ1v) is 7.12. The van der Waals surface area contributed by atoms with Crippen molar-refractivity contribution in [1.82, 2.24) is 10.3 Å². The van der Waals surface area contributed by atoms with Crippen LogP contribution in [-0.2, 0) is 22.6 Å². The molecule has 2 rings (SSSR count). The van der Waals surface area contributed by atoms with E-state index in [0.717, 1.165) is 5.56 Å². The zero-order chi connectivity index (χ0) is 16.7. The van der Waals surface area contributed by atoms with Gasteiger partial charge in [0.05, 0.1) is 0 Å². The Morgan fingerprint density at radius 3 is 2.48 bits per heavy atom. The summed E-state index contributed by atoms with van der Waals surface area (Å²) < 4.78 is 5.08. The SMILES string of the molecule is C[C@](Cc1ccccn1)(NC(=O)OCc1ccccc1)C(=O)O. The quantitative estimate of drug-likeness (QED) is 0.854. The number of aliphatic carboxylic acids is 1. The summed E-state index contributed by atoms with van der Waals surface area (Å²) in [6, 6.07) is 14.4. The highest BCUT2D eigenvalue weighted by atomic mass is 16.5. The third-order valence-electron chi connectivity index (χ3n) is 3.32. The summed E-state index contributed by atoms with van der Waals surface area (Å²) in [5.41, 5.74) is -0.104. The molecule has 23 heavy (non-hydrogen) atoms. The van der Waals surface area contributed by atoms with E-state index in [9.17, 15) is 14.7 Å². The molecule has 0 radical (unpaired) electrons. The van der Waals surface area contributed by atoms with E-state index in [1.807, 2.05) is 30.3 Å². The third kappa shape index (κ3) is 4.81. The highest BCUT2D eigenvalue weighted by Crippen LogP contribution is 2.13. The van der Waals surface area contributed by atoms with Gasteiger partial charge in [0, 0.05) is 18.3 Å². The lowest BCUT2D eigenvalue weighted by atomic mass is 9.96. The fourth-order valence-corrected chi connectivity index (χ4v) is 2.02. The van der Waals surface area contributed by atoms with Crippen LogP contribution in [0.4, 0.5) is 4.79 Å². The molecule has 1 aromatic heterocycles. The molecular formula is C17H18N2O4. The van der Waals surface area contributed by atoms with Crippen molar-refractivity contribution >= 4 is 12.1 Å². The summed E-state index contributed by atoms with van der Waals surface area (Å²) in [5.74, 6) is -1.15. The predicted octanol–water partition coefficient (Wildman–Crippen LogP) is 2.39. The fourth-order valence-electron chi connectivity index (χ4n) is 2.02. The number of aromatic nitrogens is 1. The van der Waals surface area contributed by atoms with Crippen LogP contribution in [0.3, 0.4) is 0 Å². The second-order valence-electron chi connectivity index (χ2n) is 5.32. The summed E-state index contributed by atoms with van der Waals surface area (Å²) >= 11 is 0. The normalized spacial score (nSPS) is 12.9. The van der Waals surface area contributed by atoms with Crippen LogP contribution in [0, 0.1) is 0 Å². The summed E-state index contributed by atoms with van der Waals surface area (Å²) in [6.07, 6.45) is 0.851. The lowest BCUT2D eigenvalue weighted by Crippen LogP contribution is -2.54. The van der Waals surface area contributed by atoms with Gasteiger partial charge in [0.2, 0.25) is 0 Å². The standard InChI is InChI=1S/C17H18N2O4/c1-17(15(20)21,11-14-9-5-6-10-18-14)19-16(22)23-12-13-7-3-2-4-8-13/h2-10H,11-12H2,1H3,(H,19,22)(H,20,21)/t17-/m1/s1. The number of nitrogens with zero attached hydrogens (tertiary/aromatic N) is 1. The van der Waals surface area contributed by atoms with Gasteiger partial charge in [-0.3, -0.25) is 4.98 Å². The third-order valence-corrected chi connectivity index (χ3v) is 3.32. The predicted molar refractivity (Wildman–Crippen MR) is 83.7 cm³/mol. The maximum atomic E-state index is 11.9. The van der Waals surface area contributed by atoms with Crippen molar-refractivity contribution in [2.75, 3.05) is 0 Å². The van der Waals surface area contributed by atoms with E-state index >= 15 is 0 Å². The molecular weight excluding hydrogens is 296 g/mol. The van der Waals surface area contributed by atoms with Crippen molar-refractivity contribution < 1.29 is 19.4 Å². The van der Waals surface area contributed by atoms with E-state index in [1.165, 1.54) is 6.92 Å². The minimum atomic E-state index is -1.50. The summed E-state index contributed by atoms with van der Waals surface area (Å²) in [6.45, 7) is 1.50. The van der Waals surface area contributed by atoms with Crippen LogP contribution in [0.2, 0.25) is 0 Å². The number of benzene rings is 1. The molecule has 1 atom stereocenters. The summed E-state index contributed by atoms with van der Waals surface area (Å²) in [5, 5.41) is 11.8. The van der Waals surface area contributed by atoms with Crippen molar-refractivity contribution in [3.8, 4) is 0 Å². The highest BCUT2D eigenvalue weighted by Gasteiger charge is 2.36. The topological polar surface area (TPSA) is 88.5 Å². The lowest BCUT2D eigenvalue weighted by molar-refractivity contribution is -0.144. The Morgan fingerprint density at radius 1 is 1.17 bits per heavy atom. The van der Waals surface area contributed by atoms with Crippen LogP contribution in [-0.4, -0.2) is 27.7 Å². The van der Waals surface area contributed by atoms with Crippen molar-refractivity contribution in [1.29, 1.82) is 0 Å². The number of hydrogen-bond donors (Lipinski definition) is 2. The molecule has 1 amide bonds. The van der Waals surface area contributed by atoms with E-state index in [4.69, 9.17) is 4.74 Å².